The van der Waals surface area contributed by atoms with Crippen LogP contribution in [-0.2, 0) is 6.42 Å². The first-order chi connectivity index (χ1) is 8.81. The van der Waals surface area contributed by atoms with Crippen molar-refractivity contribution in [1.29, 1.82) is 0 Å². The van der Waals surface area contributed by atoms with Crippen molar-refractivity contribution in [1.82, 2.24) is 4.90 Å². The highest BCUT2D eigenvalue weighted by molar-refractivity contribution is 5.14. The summed E-state index contributed by atoms with van der Waals surface area (Å²) in [5.41, 5.74) is 7.31. The molecular formula is C16H26N2. The van der Waals surface area contributed by atoms with Crippen LogP contribution in [0, 0.1) is 5.92 Å². The van der Waals surface area contributed by atoms with Crippen LogP contribution in [-0.4, -0.2) is 31.1 Å². The van der Waals surface area contributed by atoms with Crippen molar-refractivity contribution in [2.24, 2.45) is 11.7 Å². The molecule has 1 saturated carbocycles. The standard InChI is InChI=1S/C16H26N2/c1-18(16-11-5-10-15(16)13-17)12-6-9-14-7-3-2-4-8-14/h2-4,7-8,15-16H,5-6,9-13,17H2,1H3. The quantitative estimate of drug-likeness (QED) is 0.836. The number of aryl methyl sites for hydroxylation is 1. The van der Waals surface area contributed by atoms with Crippen LogP contribution in [0.25, 0.3) is 0 Å². The van der Waals surface area contributed by atoms with E-state index >= 15 is 0 Å². The molecule has 2 unspecified atom stereocenters. The molecule has 2 heteroatoms. The van der Waals surface area contributed by atoms with E-state index in [4.69, 9.17) is 5.73 Å². The highest BCUT2D eigenvalue weighted by Crippen LogP contribution is 2.28. The van der Waals surface area contributed by atoms with E-state index in [1.54, 1.807) is 0 Å². The van der Waals surface area contributed by atoms with Crippen molar-refractivity contribution in [3.8, 4) is 0 Å². The van der Waals surface area contributed by atoms with E-state index in [1.807, 2.05) is 0 Å². The summed E-state index contributed by atoms with van der Waals surface area (Å²) < 4.78 is 0. The molecule has 1 fully saturated rings. The predicted octanol–water partition coefficient (Wildman–Crippen LogP) is 2.68. The highest BCUT2D eigenvalue weighted by atomic mass is 15.1. The van der Waals surface area contributed by atoms with Crippen LogP contribution in [0.3, 0.4) is 0 Å². The van der Waals surface area contributed by atoms with E-state index in [0.29, 0.717) is 0 Å². The van der Waals surface area contributed by atoms with Crippen LogP contribution in [0.2, 0.25) is 0 Å². The molecule has 0 amide bonds. The predicted molar refractivity (Wildman–Crippen MR) is 77.6 cm³/mol. The molecule has 18 heavy (non-hydrogen) atoms. The van der Waals surface area contributed by atoms with Gasteiger partial charge in [0, 0.05) is 6.04 Å². The van der Waals surface area contributed by atoms with E-state index in [9.17, 15) is 0 Å². The largest absolute Gasteiger partial charge is 0.330 e. The normalized spacial score (nSPS) is 23.7. The van der Waals surface area contributed by atoms with Crippen LogP contribution in [0.1, 0.15) is 31.2 Å². The summed E-state index contributed by atoms with van der Waals surface area (Å²) in [6.07, 6.45) is 6.45. The van der Waals surface area contributed by atoms with Gasteiger partial charge in [-0.15, -0.1) is 0 Å². The Hall–Kier alpha value is -0.860. The van der Waals surface area contributed by atoms with Gasteiger partial charge in [0.05, 0.1) is 0 Å². The topological polar surface area (TPSA) is 29.3 Å². The number of hydrogen-bond acceptors (Lipinski definition) is 2. The summed E-state index contributed by atoms with van der Waals surface area (Å²) in [6, 6.07) is 11.5. The van der Waals surface area contributed by atoms with Crippen molar-refractivity contribution < 1.29 is 0 Å². The van der Waals surface area contributed by atoms with Crippen molar-refractivity contribution in [3.05, 3.63) is 35.9 Å². The fraction of sp³-hybridized carbons (Fsp3) is 0.625. The number of benzene rings is 1. The third-order valence-electron chi connectivity index (χ3n) is 4.31. The van der Waals surface area contributed by atoms with Gasteiger partial charge in [0.1, 0.15) is 0 Å². The summed E-state index contributed by atoms with van der Waals surface area (Å²) >= 11 is 0. The molecule has 0 saturated heterocycles. The minimum atomic E-state index is 0.728. The van der Waals surface area contributed by atoms with Crippen LogP contribution in [0.15, 0.2) is 30.3 Å². The van der Waals surface area contributed by atoms with Gasteiger partial charge in [0.25, 0.3) is 0 Å². The van der Waals surface area contributed by atoms with Gasteiger partial charge in [-0.2, -0.15) is 0 Å². The third-order valence-corrected chi connectivity index (χ3v) is 4.31. The molecule has 0 aliphatic heterocycles. The SMILES string of the molecule is CN(CCCc1ccccc1)C1CCCC1CN. The van der Waals surface area contributed by atoms with Crippen molar-refractivity contribution in [2.75, 3.05) is 20.1 Å². The molecule has 1 aliphatic rings. The second-order valence-corrected chi connectivity index (χ2v) is 5.56. The molecule has 2 N–H and O–H groups in total. The maximum atomic E-state index is 5.86. The Labute approximate surface area is 111 Å². The van der Waals surface area contributed by atoms with E-state index in [2.05, 4.69) is 42.3 Å². The summed E-state index contributed by atoms with van der Waals surface area (Å²) in [6.45, 7) is 2.05. The van der Waals surface area contributed by atoms with Gasteiger partial charge in [0.15, 0.2) is 0 Å². The third kappa shape index (κ3) is 3.56. The molecule has 2 atom stereocenters. The molecule has 0 heterocycles. The second kappa shape index (κ2) is 6.91. The lowest BCUT2D eigenvalue weighted by molar-refractivity contribution is 0.198. The van der Waals surface area contributed by atoms with Gasteiger partial charge in [-0.1, -0.05) is 36.8 Å². The maximum absolute atomic E-state index is 5.86. The average molecular weight is 246 g/mol. The maximum Gasteiger partial charge on any atom is 0.0132 e. The molecule has 0 bridgehead atoms. The van der Waals surface area contributed by atoms with E-state index in [-0.39, 0.29) is 0 Å². The van der Waals surface area contributed by atoms with E-state index in [0.717, 1.165) is 18.5 Å². The lowest BCUT2D eigenvalue weighted by Gasteiger charge is -2.29. The van der Waals surface area contributed by atoms with Gasteiger partial charge in [-0.05, 0) is 57.3 Å². The van der Waals surface area contributed by atoms with Gasteiger partial charge < -0.3 is 10.6 Å². The van der Waals surface area contributed by atoms with Crippen LogP contribution >= 0.6 is 0 Å². The number of nitrogens with zero attached hydrogens (tertiary/aromatic N) is 1. The minimum absolute atomic E-state index is 0.728. The fourth-order valence-electron chi connectivity index (χ4n) is 3.22. The van der Waals surface area contributed by atoms with E-state index < -0.39 is 0 Å². The lowest BCUT2D eigenvalue weighted by Crippen LogP contribution is -2.38. The number of hydrogen-bond donors (Lipinski definition) is 1. The highest BCUT2D eigenvalue weighted by Gasteiger charge is 2.28. The fourth-order valence-corrected chi connectivity index (χ4v) is 3.22. The average Bonchev–Trinajstić information content (AvgIpc) is 2.88. The van der Waals surface area contributed by atoms with Crippen molar-refractivity contribution >= 4 is 0 Å². The summed E-state index contributed by atoms with van der Waals surface area (Å²) in [4.78, 5) is 2.54. The van der Waals surface area contributed by atoms with Gasteiger partial charge in [-0.3, -0.25) is 0 Å². The first-order valence-corrected chi connectivity index (χ1v) is 7.25. The second-order valence-electron chi connectivity index (χ2n) is 5.56. The molecule has 1 aliphatic carbocycles. The molecule has 2 nitrogen and oxygen atoms in total. The zero-order valence-corrected chi connectivity index (χ0v) is 11.5. The Morgan fingerprint density at radius 2 is 2.00 bits per heavy atom. The van der Waals surface area contributed by atoms with Gasteiger partial charge in [-0.25, -0.2) is 0 Å². The minimum Gasteiger partial charge on any atom is -0.330 e. The molecule has 0 radical (unpaired) electrons. The van der Waals surface area contributed by atoms with Crippen LogP contribution < -0.4 is 5.73 Å². The first kappa shape index (κ1) is 13.6. The molecule has 0 aromatic heterocycles. The lowest BCUT2D eigenvalue weighted by atomic mass is 10.0. The zero-order chi connectivity index (χ0) is 12.8. The van der Waals surface area contributed by atoms with Gasteiger partial charge >= 0.3 is 0 Å². The Morgan fingerprint density at radius 1 is 1.22 bits per heavy atom. The van der Waals surface area contributed by atoms with Gasteiger partial charge in [0.2, 0.25) is 0 Å². The molecular weight excluding hydrogens is 220 g/mol. The Kier molecular flexibility index (Phi) is 5.21. The molecule has 100 valence electrons. The monoisotopic (exact) mass is 246 g/mol. The Morgan fingerprint density at radius 3 is 2.72 bits per heavy atom. The summed E-state index contributed by atoms with van der Waals surface area (Å²) in [5.74, 6) is 0.728. The van der Waals surface area contributed by atoms with E-state index in [1.165, 1.54) is 44.2 Å². The van der Waals surface area contributed by atoms with Crippen molar-refractivity contribution in [3.63, 3.8) is 0 Å². The molecule has 0 spiro atoms. The first-order valence-electron chi connectivity index (χ1n) is 7.25. The smallest absolute Gasteiger partial charge is 0.0132 e. The molecule has 1 aromatic carbocycles. The Balaban J connectivity index is 1.73. The molecule has 1 aromatic rings. The van der Waals surface area contributed by atoms with Crippen LogP contribution in [0.5, 0.6) is 0 Å². The molecule has 2 rings (SSSR count). The summed E-state index contributed by atoms with van der Waals surface area (Å²) in [5, 5.41) is 0. The van der Waals surface area contributed by atoms with Crippen LogP contribution in [0.4, 0.5) is 0 Å². The number of rotatable bonds is 6. The summed E-state index contributed by atoms with van der Waals surface area (Å²) in [7, 11) is 2.27. The number of nitrogens with two attached hydrogens (primary N) is 1. The zero-order valence-electron chi connectivity index (χ0n) is 11.5. The Bertz CT molecular complexity index is 336. The van der Waals surface area contributed by atoms with Crippen molar-refractivity contribution in [2.45, 2.75) is 38.1 Å².